The Kier molecular flexibility index (Phi) is 4.67. The maximum atomic E-state index is 8.75. The van der Waals surface area contributed by atoms with Gasteiger partial charge in [0.1, 0.15) is 0 Å². The number of nitrogens with zero attached hydrogens (tertiary/aromatic N) is 3. The highest BCUT2D eigenvalue weighted by Crippen LogP contribution is 2.08. The first-order valence-corrected chi connectivity index (χ1v) is 6.26. The lowest BCUT2D eigenvalue weighted by atomic mass is 10.1. The molecule has 0 saturated heterocycles. The molecule has 0 bridgehead atoms. The third kappa shape index (κ3) is 3.55. The Balaban J connectivity index is 1.88. The summed E-state index contributed by atoms with van der Waals surface area (Å²) in [5.74, 6) is 1.35. The summed E-state index contributed by atoms with van der Waals surface area (Å²) in [6.45, 7) is 3.10. The van der Waals surface area contributed by atoms with E-state index in [4.69, 9.17) is 15.5 Å². The number of aromatic nitrogens is 2. The van der Waals surface area contributed by atoms with Crippen molar-refractivity contribution in [1.82, 2.24) is 15.5 Å². The number of aryl methyl sites for hydroxylation is 1. The molecule has 106 valence electrons. The highest BCUT2D eigenvalue weighted by Gasteiger charge is 2.06. The van der Waals surface area contributed by atoms with Gasteiger partial charge >= 0.3 is 0 Å². The predicted octanol–water partition coefficient (Wildman–Crippen LogP) is 0.805. The molecular formula is C13H17N5O2. The summed E-state index contributed by atoms with van der Waals surface area (Å²) in [6.07, 6.45) is 0.659. The molecule has 7 nitrogen and oxygen atoms in total. The maximum Gasteiger partial charge on any atom is 0.227 e. The molecule has 0 fully saturated rings. The van der Waals surface area contributed by atoms with Gasteiger partial charge in [-0.3, -0.25) is 0 Å². The van der Waals surface area contributed by atoms with E-state index >= 15 is 0 Å². The van der Waals surface area contributed by atoms with Crippen LogP contribution in [0.4, 0.5) is 0 Å². The van der Waals surface area contributed by atoms with E-state index in [1.54, 1.807) is 6.92 Å². The molecule has 0 aliphatic heterocycles. The fourth-order valence-electron chi connectivity index (χ4n) is 1.84. The van der Waals surface area contributed by atoms with Crippen LogP contribution in [0, 0.1) is 6.92 Å². The van der Waals surface area contributed by atoms with Crippen LogP contribution in [0.15, 0.2) is 33.9 Å². The lowest BCUT2D eigenvalue weighted by molar-refractivity contribution is 0.318. The molecule has 4 N–H and O–H groups in total. The molecule has 0 aliphatic rings. The van der Waals surface area contributed by atoms with Gasteiger partial charge in [0.25, 0.3) is 0 Å². The molecule has 0 atom stereocenters. The highest BCUT2D eigenvalue weighted by atomic mass is 16.5. The Morgan fingerprint density at radius 1 is 1.45 bits per heavy atom. The minimum absolute atomic E-state index is 0.106. The van der Waals surface area contributed by atoms with Crippen LogP contribution >= 0.6 is 0 Å². The lowest BCUT2D eigenvalue weighted by Gasteiger charge is -2.08. The molecule has 0 unspecified atom stereocenters. The van der Waals surface area contributed by atoms with Crippen molar-refractivity contribution in [2.45, 2.75) is 19.9 Å². The van der Waals surface area contributed by atoms with E-state index < -0.39 is 0 Å². The molecule has 0 saturated carbocycles. The normalized spacial score (nSPS) is 11.8. The summed E-state index contributed by atoms with van der Waals surface area (Å²) in [5.41, 5.74) is 7.31. The predicted molar refractivity (Wildman–Crippen MR) is 73.4 cm³/mol. The van der Waals surface area contributed by atoms with E-state index in [-0.39, 0.29) is 5.84 Å². The first-order valence-electron chi connectivity index (χ1n) is 6.26. The number of hydrogen-bond acceptors (Lipinski definition) is 6. The Morgan fingerprint density at radius 3 is 2.95 bits per heavy atom. The first kappa shape index (κ1) is 14.0. The van der Waals surface area contributed by atoms with E-state index in [0.29, 0.717) is 31.2 Å². The van der Waals surface area contributed by atoms with E-state index in [2.05, 4.69) is 20.6 Å². The van der Waals surface area contributed by atoms with E-state index in [1.807, 2.05) is 24.3 Å². The zero-order valence-corrected chi connectivity index (χ0v) is 11.2. The fraction of sp³-hybridized carbons (Fsp3) is 0.308. The Bertz CT molecular complexity index is 594. The number of nitrogens with one attached hydrogen (secondary N) is 1. The first-order chi connectivity index (χ1) is 9.70. The molecule has 1 aromatic heterocycles. The van der Waals surface area contributed by atoms with Crippen molar-refractivity contribution >= 4 is 5.84 Å². The van der Waals surface area contributed by atoms with Crippen molar-refractivity contribution in [2.75, 3.05) is 6.54 Å². The topological polar surface area (TPSA) is 110 Å². The average Bonchev–Trinajstić information content (AvgIpc) is 2.89. The molecule has 1 heterocycles. The van der Waals surface area contributed by atoms with Gasteiger partial charge in [0.2, 0.25) is 5.89 Å². The summed E-state index contributed by atoms with van der Waals surface area (Å²) in [6, 6.07) is 7.50. The van der Waals surface area contributed by atoms with Crippen LogP contribution in [0.5, 0.6) is 0 Å². The van der Waals surface area contributed by atoms with Crippen LogP contribution < -0.4 is 11.1 Å². The summed E-state index contributed by atoms with van der Waals surface area (Å²) in [5, 5.41) is 18.8. The molecular weight excluding hydrogens is 258 g/mol. The number of nitrogens with two attached hydrogens (primary N) is 1. The zero-order valence-electron chi connectivity index (χ0n) is 11.2. The molecule has 7 heteroatoms. The van der Waals surface area contributed by atoms with E-state index in [0.717, 1.165) is 11.1 Å². The van der Waals surface area contributed by atoms with Gasteiger partial charge in [0.05, 0.1) is 0 Å². The lowest BCUT2D eigenvalue weighted by Crippen LogP contribution is -2.21. The van der Waals surface area contributed by atoms with Crippen LogP contribution in [-0.2, 0) is 13.0 Å². The summed E-state index contributed by atoms with van der Waals surface area (Å²) < 4.78 is 5.02. The maximum absolute atomic E-state index is 8.75. The second-order valence-corrected chi connectivity index (χ2v) is 4.30. The monoisotopic (exact) mass is 275 g/mol. The minimum Gasteiger partial charge on any atom is -0.409 e. The Labute approximate surface area is 116 Å². The second kappa shape index (κ2) is 6.67. The number of benzene rings is 1. The summed E-state index contributed by atoms with van der Waals surface area (Å²) in [4.78, 5) is 4.12. The standard InChI is InChI=1S/C13H17N5O2/c1-9-16-12(20-18-9)6-7-15-8-10-4-2-3-5-11(10)13(14)17-19/h2-5,15,19H,6-8H2,1H3,(H2,14,17). The molecule has 1 aromatic carbocycles. The van der Waals surface area contributed by atoms with Crippen molar-refractivity contribution in [2.24, 2.45) is 10.9 Å². The van der Waals surface area contributed by atoms with Crippen molar-refractivity contribution in [3.8, 4) is 0 Å². The van der Waals surface area contributed by atoms with Crippen molar-refractivity contribution in [3.63, 3.8) is 0 Å². The van der Waals surface area contributed by atoms with Crippen LogP contribution in [0.1, 0.15) is 22.8 Å². The summed E-state index contributed by atoms with van der Waals surface area (Å²) >= 11 is 0. The van der Waals surface area contributed by atoms with Crippen LogP contribution in [0.25, 0.3) is 0 Å². The van der Waals surface area contributed by atoms with Gasteiger partial charge in [-0.2, -0.15) is 4.98 Å². The van der Waals surface area contributed by atoms with Crippen molar-refractivity contribution in [1.29, 1.82) is 0 Å². The van der Waals surface area contributed by atoms with E-state index in [1.165, 1.54) is 0 Å². The van der Waals surface area contributed by atoms with E-state index in [9.17, 15) is 0 Å². The third-order valence-corrected chi connectivity index (χ3v) is 2.80. The summed E-state index contributed by atoms with van der Waals surface area (Å²) in [7, 11) is 0. The van der Waals surface area contributed by atoms with Gasteiger partial charge in [-0.15, -0.1) is 0 Å². The molecule has 0 aliphatic carbocycles. The number of hydrogen-bond donors (Lipinski definition) is 3. The Hall–Kier alpha value is -2.41. The average molecular weight is 275 g/mol. The molecule has 2 rings (SSSR count). The van der Waals surface area contributed by atoms with Gasteiger partial charge in [0.15, 0.2) is 11.7 Å². The van der Waals surface area contributed by atoms with Crippen LogP contribution in [0.2, 0.25) is 0 Å². The van der Waals surface area contributed by atoms with Gasteiger partial charge in [-0.05, 0) is 12.5 Å². The number of rotatable bonds is 6. The SMILES string of the molecule is Cc1noc(CCNCc2ccccc2/C(N)=N/O)n1. The van der Waals surface area contributed by atoms with Gasteiger partial charge in [-0.25, -0.2) is 0 Å². The highest BCUT2D eigenvalue weighted by molar-refractivity contribution is 5.98. The largest absolute Gasteiger partial charge is 0.409 e. The Morgan fingerprint density at radius 2 is 2.25 bits per heavy atom. The van der Waals surface area contributed by atoms with Gasteiger partial charge in [-0.1, -0.05) is 34.6 Å². The second-order valence-electron chi connectivity index (χ2n) is 4.30. The molecule has 0 radical (unpaired) electrons. The zero-order chi connectivity index (χ0) is 14.4. The van der Waals surface area contributed by atoms with Crippen molar-refractivity contribution < 1.29 is 9.73 Å². The van der Waals surface area contributed by atoms with Gasteiger partial charge < -0.3 is 20.8 Å². The quantitative estimate of drug-likeness (QED) is 0.236. The van der Waals surface area contributed by atoms with Gasteiger partial charge in [0, 0.05) is 25.1 Å². The number of oxime groups is 1. The fourth-order valence-corrected chi connectivity index (χ4v) is 1.84. The van der Waals surface area contributed by atoms with Crippen LogP contribution in [0.3, 0.4) is 0 Å². The minimum atomic E-state index is 0.106. The molecule has 20 heavy (non-hydrogen) atoms. The molecule has 2 aromatic rings. The van der Waals surface area contributed by atoms with Crippen molar-refractivity contribution in [3.05, 3.63) is 47.1 Å². The molecule has 0 amide bonds. The molecule has 0 spiro atoms. The number of amidine groups is 1. The smallest absolute Gasteiger partial charge is 0.227 e. The third-order valence-electron chi connectivity index (χ3n) is 2.80. The van der Waals surface area contributed by atoms with Crippen LogP contribution in [-0.4, -0.2) is 27.7 Å².